The minimum atomic E-state index is 0.323. The van der Waals surface area contributed by atoms with Gasteiger partial charge >= 0.3 is 0 Å². The van der Waals surface area contributed by atoms with Crippen molar-refractivity contribution in [3.05, 3.63) is 23.8 Å². The van der Waals surface area contributed by atoms with Crippen LogP contribution in [0.4, 0.5) is 0 Å². The molecule has 0 saturated heterocycles. The second kappa shape index (κ2) is 3.44. The molecule has 0 radical (unpaired) electrons. The van der Waals surface area contributed by atoms with E-state index in [0.29, 0.717) is 12.5 Å². The zero-order chi connectivity index (χ0) is 8.39. The van der Waals surface area contributed by atoms with Gasteiger partial charge in [0.2, 0.25) is 0 Å². The molecule has 2 rings (SSSR count). The molecule has 2 aliphatic rings. The summed E-state index contributed by atoms with van der Waals surface area (Å²) in [4.78, 5) is 0. The zero-order valence-corrected chi connectivity index (χ0v) is 7.37. The molecule has 1 N–H and O–H groups in total. The standard InChI is InChI=1S/C11H16O/c12-8-9-5-6-10-3-1-2-4-11(10)7-9/h2,4,7,9-10,12H,1,3,5-6,8H2/t9-,10-/m1/s1. The van der Waals surface area contributed by atoms with E-state index < -0.39 is 0 Å². The van der Waals surface area contributed by atoms with Crippen molar-refractivity contribution in [2.45, 2.75) is 25.7 Å². The van der Waals surface area contributed by atoms with Crippen LogP contribution in [-0.2, 0) is 0 Å². The molecular weight excluding hydrogens is 148 g/mol. The van der Waals surface area contributed by atoms with Crippen molar-refractivity contribution in [1.29, 1.82) is 0 Å². The molecular formula is C11H16O. The predicted molar refractivity (Wildman–Crippen MR) is 49.8 cm³/mol. The molecule has 0 aliphatic heterocycles. The first-order valence-corrected chi connectivity index (χ1v) is 4.89. The Morgan fingerprint density at radius 3 is 3.08 bits per heavy atom. The Bertz CT molecular complexity index is 215. The third-order valence-corrected chi connectivity index (χ3v) is 3.01. The van der Waals surface area contributed by atoms with Crippen molar-refractivity contribution in [3.63, 3.8) is 0 Å². The fourth-order valence-electron chi connectivity index (χ4n) is 2.24. The van der Waals surface area contributed by atoms with Gasteiger partial charge in [-0.2, -0.15) is 0 Å². The topological polar surface area (TPSA) is 20.2 Å². The van der Waals surface area contributed by atoms with Gasteiger partial charge in [-0.15, -0.1) is 0 Å². The first-order chi connectivity index (χ1) is 5.90. The fourth-order valence-corrected chi connectivity index (χ4v) is 2.24. The molecule has 66 valence electrons. The molecule has 0 aromatic rings. The summed E-state index contributed by atoms with van der Waals surface area (Å²) < 4.78 is 0. The lowest BCUT2D eigenvalue weighted by molar-refractivity contribution is 0.231. The predicted octanol–water partition coefficient (Wildman–Crippen LogP) is 2.28. The van der Waals surface area contributed by atoms with E-state index in [1.165, 1.54) is 31.3 Å². The molecule has 0 heterocycles. The summed E-state index contributed by atoms with van der Waals surface area (Å²) in [5.41, 5.74) is 1.48. The minimum absolute atomic E-state index is 0.323. The Hall–Kier alpha value is -0.560. The van der Waals surface area contributed by atoms with Gasteiger partial charge in [-0.1, -0.05) is 18.2 Å². The van der Waals surface area contributed by atoms with E-state index in [2.05, 4.69) is 18.2 Å². The number of aliphatic hydroxyl groups excluding tert-OH is 1. The Morgan fingerprint density at radius 2 is 2.25 bits per heavy atom. The maximum absolute atomic E-state index is 9.01. The molecule has 0 amide bonds. The lowest BCUT2D eigenvalue weighted by Crippen LogP contribution is -2.17. The summed E-state index contributed by atoms with van der Waals surface area (Å²) >= 11 is 0. The first-order valence-electron chi connectivity index (χ1n) is 4.89. The van der Waals surface area contributed by atoms with Crippen molar-refractivity contribution in [3.8, 4) is 0 Å². The van der Waals surface area contributed by atoms with Gasteiger partial charge in [-0.05, 0) is 37.2 Å². The van der Waals surface area contributed by atoms with E-state index in [0.717, 1.165) is 5.92 Å². The van der Waals surface area contributed by atoms with Crippen LogP contribution in [0.3, 0.4) is 0 Å². The lowest BCUT2D eigenvalue weighted by Gasteiger charge is -2.28. The van der Waals surface area contributed by atoms with Gasteiger partial charge in [0.05, 0.1) is 0 Å². The molecule has 0 spiro atoms. The molecule has 1 heteroatoms. The summed E-state index contributed by atoms with van der Waals surface area (Å²) in [6.45, 7) is 0.323. The SMILES string of the molecule is OC[C@H]1C=C2C=CCC[C@@H]2CC1. The minimum Gasteiger partial charge on any atom is -0.396 e. The van der Waals surface area contributed by atoms with E-state index in [1.807, 2.05) is 0 Å². The van der Waals surface area contributed by atoms with Crippen LogP contribution in [0.5, 0.6) is 0 Å². The van der Waals surface area contributed by atoms with Crippen molar-refractivity contribution in [2.75, 3.05) is 6.61 Å². The van der Waals surface area contributed by atoms with Crippen LogP contribution in [0, 0.1) is 11.8 Å². The summed E-state index contributed by atoms with van der Waals surface area (Å²) in [5.74, 6) is 1.23. The Kier molecular flexibility index (Phi) is 2.31. The number of allylic oxidation sites excluding steroid dienone is 3. The molecule has 0 bridgehead atoms. The van der Waals surface area contributed by atoms with Crippen molar-refractivity contribution in [2.24, 2.45) is 11.8 Å². The summed E-state index contributed by atoms with van der Waals surface area (Å²) in [6.07, 6.45) is 11.8. The second-order valence-corrected chi connectivity index (χ2v) is 3.86. The van der Waals surface area contributed by atoms with Crippen LogP contribution >= 0.6 is 0 Å². The van der Waals surface area contributed by atoms with Gasteiger partial charge in [0, 0.05) is 12.5 Å². The highest BCUT2D eigenvalue weighted by Gasteiger charge is 2.21. The number of hydrogen-bond acceptors (Lipinski definition) is 1. The largest absolute Gasteiger partial charge is 0.396 e. The highest BCUT2D eigenvalue weighted by Crippen LogP contribution is 2.34. The van der Waals surface area contributed by atoms with E-state index in [4.69, 9.17) is 5.11 Å². The number of aliphatic hydroxyl groups is 1. The average Bonchev–Trinajstić information content (AvgIpc) is 2.17. The van der Waals surface area contributed by atoms with Gasteiger partial charge in [-0.25, -0.2) is 0 Å². The number of fused-ring (bicyclic) bond motifs is 1. The molecule has 0 saturated carbocycles. The second-order valence-electron chi connectivity index (χ2n) is 3.86. The molecule has 0 aromatic heterocycles. The van der Waals surface area contributed by atoms with Crippen LogP contribution in [0.25, 0.3) is 0 Å². The molecule has 0 aromatic carbocycles. The van der Waals surface area contributed by atoms with Gasteiger partial charge in [-0.3, -0.25) is 0 Å². The quantitative estimate of drug-likeness (QED) is 0.630. The maximum Gasteiger partial charge on any atom is 0.0494 e. The molecule has 12 heavy (non-hydrogen) atoms. The van der Waals surface area contributed by atoms with Crippen LogP contribution in [0.1, 0.15) is 25.7 Å². The van der Waals surface area contributed by atoms with Gasteiger partial charge in [0.15, 0.2) is 0 Å². The van der Waals surface area contributed by atoms with Crippen LogP contribution in [0.2, 0.25) is 0 Å². The lowest BCUT2D eigenvalue weighted by atomic mass is 9.78. The smallest absolute Gasteiger partial charge is 0.0494 e. The molecule has 2 atom stereocenters. The summed E-state index contributed by atoms with van der Waals surface area (Å²) in [6, 6.07) is 0. The summed E-state index contributed by atoms with van der Waals surface area (Å²) in [7, 11) is 0. The third-order valence-electron chi connectivity index (χ3n) is 3.01. The molecule has 0 fully saturated rings. The van der Waals surface area contributed by atoms with Gasteiger partial charge < -0.3 is 5.11 Å². The van der Waals surface area contributed by atoms with Crippen LogP contribution < -0.4 is 0 Å². The third kappa shape index (κ3) is 1.46. The molecule has 1 nitrogen and oxygen atoms in total. The highest BCUT2D eigenvalue weighted by atomic mass is 16.3. The van der Waals surface area contributed by atoms with Gasteiger partial charge in [0.1, 0.15) is 0 Å². The van der Waals surface area contributed by atoms with Crippen molar-refractivity contribution < 1.29 is 5.11 Å². The summed E-state index contributed by atoms with van der Waals surface area (Å²) in [5, 5.41) is 9.01. The highest BCUT2D eigenvalue weighted by molar-refractivity contribution is 5.27. The first kappa shape index (κ1) is 8.06. The van der Waals surface area contributed by atoms with E-state index in [-0.39, 0.29) is 0 Å². The van der Waals surface area contributed by atoms with Gasteiger partial charge in [0.25, 0.3) is 0 Å². The monoisotopic (exact) mass is 164 g/mol. The van der Waals surface area contributed by atoms with Crippen LogP contribution in [-0.4, -0.2) is 11.7 Å². The Balaban J connectivity index is 2.16. The molecule has 0 unspecified atom stereocenters. The fraction of sp³-hybridized carbons (Fsp3) is 0.636. The van der Waals surface area contributed by atoms with Crippen LogP contribution in [0.15, 0.2) is 23.8 Å². The van der Waals surface area contributed by atoms with E-state index >= 15 is 0 Å². The molecule has 2 aliphatic carbocycles. The van der Waals surface area contributed by atoms with Crippen molar-refractivity contribution >= 4 is 0 Å². The normalized spacial score (nSPS) is 34.2. The Morgan fingerprint density at radius 1 is 1.33 bits per heavy atom. The zero-order valence-electron chi connectivity index (χ0n) is 7.37. The van der Waals surface area contributed by atoms with E-state index in [1.54, 1.807) is 0 Å². The maximum atomic E-state index is 9.01. The van der Waals surface area contributed by atoms with Crippen molar-refractivity contribution in [1.82, 2.24) is 0 Å². The average molecular weight is 164 g/mol. The Labute approximate surface area is 73.8 Å². The van der Waals surface area contributed by atoms with E-state index in [9.17, 15) is 0 Å². The number of rotatable bonds is 1. The number of hydrogen-bond donors (Lipinski definition) is 1.